The number of aromatic nitrogens is 18. The number of fused-ring (bicyclic) bond motifs is 2. The van der Waals surface area contributed by atoms with Gasteiger partial charge in [-0.25, -0.2) is 43.9 Å². The van der Waals surface area contributed by atoms with E-state index in [1.54, 1.807) is 13.8 Å². The second kappa shape index (κ2) is 44.6. The molecule has 7 aliphatic heterocycles. The van der Waals surface area contributed by atoms with Crippen molar-refractivity contribution >= 4 is 170 Å². The lowest BCUT2D eigenvalue weighted by Gasteiger charge is -2.29. The summed E-state index contributed by atoms with van der Waals surface area (Å²) >= 11 is 38.9. The quantitative estimate of drug-likeness (QED) is 0.0226. The maximum absolute atomic E-state index is 13.6. The lowest BCUT2D eigenvalue weighted by Crippen LogP contribution is -2.33. The van der Waals surface area contributed by atoms with Gasteiger partial charge in [-0.2, -0.15) is 9.97 Å². The molecule has 7 saturated heterocycles. The lowest BCUT2D eigenvalue weighted by molar-refractivity contribution is -0.0576. The van der Waals surface area contributed by atoms with Crippen LogP contribution in [-0.2, 0) is 179 Å². The highest BCUT2D eigenvalue weighted by Crippen LogP contribution is 2.59. The first-order valence-electron chi connectivity index (χ1n) is 43.5. The van der Waals surface area contributed by atoms with Gasteiger partial charge < -0.3 is 148 Å². The Balaban J connectivity index is 0.610. The van der Waals surface area contributed by atoms with Crippen LogP contribution < -0.4 is 73.4 Å². The van der Waals surface area contributed by atoms with Crippen LogP contribution in [0.15, 0.2) is 97.9 Å². The second-order valence-electron chi connectivity index (χ2n) is 34.0. The minimum absolute atomic E-state index is 0.0303. The number of rotatable bonds is 41. The Bertz CT molecular complexity index is 7460. The van der Waals surface area contributed by atoms with E-state index >= 15 is 0 Å². The standard InChI is InChI=1S/C72H96N21O38P7S7/c1-8-35-36(9-49(118-35)88-17-31(3)62(94)83-69(88)100)126-133(105,140)112-26-48-42(15-55(124-48)93-29-79-57-61(93)81-67(75)82-66(57)98)131-138(110,145)116-24-46-40(13-53(122-46)91-20-34(6)65(97)86-72(91)103)129-136(108,143)117-25-47-41(14-54(123-47)92-28-78-56-59(74)76-27-77-60(56)92)130-137(109,144)115-22-44-38(11-50(120-44)87-16-30(2)58(73)80-68(87)99)127-135(107,142)114-23-45-39(12-52(121-45)90-19-33(5)64(96)85-71(90)102)128-134(106,141)113-21-43-37(125-132(104,139)111-7)10-51(119-43)89-18-32(4)63(95)84-70(89)101/h16-20,27-29,35-55H,8-15,21-26H2,1-7H3,(H,104,139)(H,105,140)(H,106,141)(H,107,142)(H,108,143)(H,109,144)(H,110,145)(H2,73,80,99)(H2,74,76,77)(H,83,94,100)(H,84,95,101)(H,85,96,102)(H,86,97,103)(H3,75,81,82,98)/t35-,36?,37?,38?,39?,40?,41?,42?,43-,44-,45-,46-,47-,48-,49-,50-,51-,52-,53-,54-,55-,132?,133?,134?,135?,136?,137?,138?/m1/s1. The predicted molar refractivity (Wildman–Crippen MR) is 527 cm³/mol. The van der Waals surface area contributed by atoms with Crippen LogP contribution in [0, 0.1) is 34.6 Å². The van der Waals surface area contributed by atoms with Crippen LogP contribution in [0.4, 0.5) is 17.6 Å². The van der Waals surface area contributed by atoms with Gasteiger partial charge in [0.25, 0.3) is 27.8 Å². The summed E-state index contributed by atoms with van der Waals surface area (Å²) in [6, 6.07) is 0. The van der Waals surface area contributed by atoms with Crippen molar-refractivity contribution < 1.29 is 131 Å². The summed E-state index contributed by atoms with van der Waals surface area (Å²) in [5, 5.41) is 0. The van der Waals surface area contributed by atoms with Crippen LogP contribution in [0.2, 0.25) is 0 Å². The molecule has 7 fully saturated rings. The molecule has 0 aliphatic carbocycles. The van der Waals surface area contributed by atoms with Crippen molar-refractivity contribution in [1.82, 2.24) is 86.8 Å². The third kappa shape index (κ3) is 26.3. The normalized spacial score (nSPS) is 29.5. The zero-order chi connectivity index (χ0) is 105. The molecule has 794 valence electrons. The highest BCUT2D eigenvalue weighted by Gasteiger charge is 2.52. The van der Waals surface area contributed by atoms with Gasteiger partial charge in [-0.15, -0.1) is 0 Å². The number of aromatic amines is 5. The minimum Gasteiger partial charge on any atom is -0.383 e. The molecule has 0 spiro atoms. The van der Waals surface area contributed by atoms with Crippen molar-refractivity contribution in [3.63, 3.8) is 0 Å². The number of nitrogen functional groups attached to an aromatic ring is 3. The molecule has 59 nitrogen and oxygen atoms in total. The summed E-state index contributed by atoms with van der Waals surface area (Å²) in [5.74, 6) is -0.454. The second-order valence-corrected chi connectivity index (χ2v) is 53.6. The zero-order valence-electron chi connectivity index (χ0n) is 76.5. The van der Waals surface area contributed by atoms with Crippen molar-refractivity contribution in [1.29, 1.82) is 0 Å². The molecule has 0 aromatic carbocycles. The Labute approximate surface area is 849 Å². The number of imidazole rings is 2. The first-order chi connectivity index (χ1) is 68.2. The molecule has 28 atom stereocenters. The van der Waals surface area contributed by atoms with Crippen LogP contribution >= 0.6 is 47.0 Å². The maximum Gasteiger partial charge on any atom is 0.351 e. The number of nitrogens with one attached hydrogen (secondary N) is 5. The Morgan fingerprint density at radius 3 is 0.917 bits per heavy atom. The Kier molecular flexibility index (Phi) is 34.1. The van der Waals surface area contributed by atoms with E-state index in [-0.39, 0.29) is 101 Å². The van der Waals surface area contributed by atoms with E-state index in [9.17, 15) is 82.2 Å². The molecule has 0 amide bonds. The molecule has 0 bridgehead atoms. The van der Waals surface area contributed by atoms with Crippen molar-refractivity contribution in [2.24, 2.45) is 0 Å². The molecule has 73 heteroatoms. The van der Waals surface area contributed by atoms with Gasteiger partial charge in [0.05, 0.1) is 101 Å². The number of hydrogen-bond acceptors (Lipinski definition) is 47. The number of H-pyrrole nitrogens is 5. The number of hydrogen-bond donors (Lipinski definition) is 15. The van der Waals surface area contributed by atoms with Gasteiger partial charge in [-0.1, -0.05) is 6.92 Å². The van der Waals surface area contributed by atoms with E-state index in [1.807, 2.05) is 0 Å². The first kappa shape index (κ1) is 111. The monoisotopic (exact) mass is 2300 g/mol. The van der Waals surface area contributed by atoms with Crippen LogP contribution in [0.1, 0.15) is 130 Å². The van der Waals surface area contributed by atoms with Crippen molar-refractivity contribution in [2.75, 3.05) is 64.0 Å². The van der Waals surface area contributed by atoms with E-state index in [4.69, 9.17) is 196 Å². The van der Waals surface area contributed by atoms with Crippen LogP contribution in [0.3, 0.4) is 0 Å². The van der Waals surface area contributed by atoms with E-state index < -0.39 is 278 Å². The van der Waals surface area contributed by atoms with Crippen molar-refractivity contribution in [3.8, 4) is 0 Å². The Morgan fingerprint density at radius 1 is 0.338 bits per heavy atom. The molecule has 9 aromatic rings. The van der Waals surface area contributed by atoms with E-state index in [1.165, 1.54) is 85.0 Å². The van der Waals surface area contributed by atoms with Gasteiger partial charge in [0.2, 0.25) is 5.95 Å². The zero-order valence-corrected chi connectivity index (χ0v) is 88.4. The summed E-state index contributed by atoms with van der Waals surface area (Å²) in [6.07, 6.45) is -19.0. The van der Waals surface area contributed by atoms with Crippen LogP contribution in [0.5, 0.6) is 0 Å². The third-order valence-corrected chi connectivity index (χ3v) is 35.2. The molecule has 7 aliphatic rings. The fourth-order valence-electron chi connectivity index (χ4n) is 16.8. The van der Waals surface area contributed by atoms with Gasteiger partial charge in [-0.05, 0) is 124 Å². The van der Waals surface area contributed by atoms with E-state index in [0.717, 1.165) is 31.7 Å². The summed E-state index contributed by atoms with van der Waals surface area (Å²) < 4.78 is 136. The summed E-state index contributed by atoms with van der Waals surface area (Å²) in [5.41, 5.74) is 11.1. The molecule has 18 N–H and O–H groups in total. The topological polar surface area (TPSA) is 775 Å². The van der Waals surface area contributed by atoms with Gasteiger partial charge >= 0.3 is 75.5 Å². The van der Waals surface area contributed by atoms with Gasteiger partial charge in [0.1, 0.15) is 97.9 Å². The Morgan fingerprint density at radius 2 is 0.607 bits per heavy atom. The molecule has 14 unspecified atom stereocenters. The molecular formula is C72H96N21O38P7S7. The van der Waals surface area contributed by atoms with Crippen molar-refractivity contribution in [3.05, 3.63) is 182 Å². The molecule has 16 heterocycles. The summed E-state index contributed by atoms with van der Waals surface area (Å²) in [4.78, 5) is 249. The van der Waals surface area contributed by atoms with Crippen LogP contribution in [-0.4, -0.2) is 253 Å². The number of nitrogens with zero attached hydrogens (tertiary/aromatic N) is 13. The maximum atomic E-state index is 13.6. The fourth-order valence-corrected chi connectivity index (χ4v) is 26.6. The van der Waals surface area contributed by atoms with Crippen LogP contribution in [0.25, 0.3) is 22.3 Å². The summed E-state index contributed by atoms with van der Waals surface area (Å²) in [6.45, 7) is -27.3. The molecular weight excluding hydrogens is 2210 g/mol. The van der Waals surface area contributed by atoms with Gasteiger partial charge in [-0.3, -0.25) is 80.9 Å². The van der Waals surface area contributed by atoms with Gasteiger partial charge in [0, 0.05) is 111 Å². The predicted octanol–water partition coefficient (Wildman–Crippen LogP) is 0.0884. The number of aryl methyl sites for hydroxylation is 5. The van der Waals surface area contributed by atoms with Crippen molar-refractivity contribution in [2.45, 2.75) is 222 Å². The molecule has 0 radical (unpaired) electrons. The smallest absolute Gasteiger partial charge is 0.351 e. The average Bonchev–Trinajstić information content (AvgIpc) is 1.62. The third-order valence-electron chi connectivity index (χ3n) is 24.0. The highest BCUT2D eigenvalue weighted by molar-refractivity contribution is 8.09. The average molecular weight is 2300 g/mol. The van der Waals surface area contributed by atoms with E-state index in [0.29, 0.717) is 12.0 Å². The first-order valence-corrected chi connectivity index (χ1v) is 61.7. The minimum atomic E-state index is -4.75. The molecule has 16 rings (SSSR count). The molecule has 9 aromatic heterocycles. The highest BCUT2D eigenvalue weighted by atomic mass is 32.5. The number of ether oxygens (including phenoxy) is 7. The van der Waals surface area contributed by atoms with E-state index in [2.05, 4.69) is 54.8 Å². The number of nitrogens with two attached hydrogens (primary N) is 3. The SMILES string of the molecule is CC[C@H]1O[C@@H](n2cc(C)c(=O)[nH]c2=O)CC1OP(O)(=S)OC[C@H]1O[C@@H](n2cnc3c(=O)[nH]c(N)nc32)CC1OP(O)(=S)OC[C@H]1O[C@@H](n2cc(C)c(=O)[nH]c2=O)CC1OP(O)(=S)OC[C@H]1O[C@@H](n2cnc3c(N)ncnc32)CC1OP(O)(=S)OC[C@H]1O[C@@H](n2cc(C)c(N)nc2=O)CC1OP(O)(=S)OC[C@H]1O[C@@H](n2cc(C)c(=O)[nH]c2=O)CC1OP(O)(=S)OC[C@H]1O[C@@H](n2cc(C)c(=O)[nH]c2=O)CC1OP(O)(=S)OC. The largest absolute Gasteiger partial charge is 0.383 e. The molecule has 145 heavy (non-hydrogen) atoms. The van der Waals surface area contributed by atoms with Gasteiger partial charge in [0.15, 0.2) is 22.6 Å². The Hall–Kier alpha value is -6.67. The fraction of sp³-hybridized carbons (Fsp3) is 0.583. The number of anilines is 3. The molecule has 0 saturated carbocycles. The summed E-state index contributed by atoms with van der Waals surface area (Å²) in [7, 11) is 1.09. The lowest BCUT2D eigenvalue weighted by atomic mass is 10.1.